The molecule has 114 valence electrons. The molecule has 0 spiro atoms. The van der Waals surface area contributed by atoms with Gasteiger partial charge in [-0.25, -0.2) is 0 Å². The number of hydrogen-bond donors (Lipinski definition) is 0. The molecule has 2 aliphatic rings. The Bertz CT molecular complexity index is 496. The molecule has 1 aromatic carbocycles. The van der Waals surface area contributed by atoms with E-state index in [0.717, 1.165) is 6.54 Å². The lowest BCUT2D eigenvalue weighted by atomic mass is 9.82. The Morgan fingerprint density at radius 2 is 2.10 bits per heavy atom. The van der Waals surface area contributed by atoms with Gasteiger partial charge in [0.1, 0.15) is 0 Å². The minimum absolute atomic E-state index is 0.0755. The standard InChI is InChI=1S/C18H25NO2/c1-2-21-18(20)13-19(16-10-11-16)12-15-8-5-7-14-6-3-4-9-17(14)15/h3-4,6,9,15-16H,2,5,7-8,10-13H2,1H3. The number of carbonyl (C=O) groups is 1. The Labute approximate surface area is 127 Å². The highest BCUT2D eigenvalue weighted by atomic mass is 16.5. The Hall–Kier alpha value is -1.35. The maximum atomic E-state index is 11.8. The molecule has 3 nitrogen and oxygen atoms in total. The van der Waals surface area contributed by atoms with Gasteiger partial charge < -0.3 is 4.74 Å². The first-order valence-corrected chi connectivity index (χ1v) is 8.25. The number of rotatable bonds is 6. The zero-order chi connectivity index (χ0) is 14.7. The van der Waals surface area contributed by atoms with E-state index in [-0.39, 0.29) is 5.97 Å². The van der Waals surface area contributed by atoms with Gasteiger partial charge in [0, 0.05) is 12.6 Å². The molecule has 0 aliphatic heterocycles. The zero-order valence-electron chi connectivity index (χ0n) is 12.9. The summed E-state index contributed by atoms with van der Waals surface area (Å²) in [5.41, 5.74) is 3.00. The van der Waals surface area contributed by atoms with Gasteiger partial charge in [-0.3, -0.25) is 9.69 Å². The van der Waals surface area contributed by atoms with Crippen molar-refractivity contribution in [2.24, 2.45) is 0 Å². The van der Waals surface area contributed by atoms with Gasteiger partial charge in [-0.1, -0.05) is 24.3 Å². The molecule has 0 aromatic heterocycles. The third-order valence-electron chi connectivity index (χ3n) is 4.65. The van der Waals surface area contributed by atoms with E-state index >= 15 is 0 Å². The van der Waals surface area contributed by atoms with E-state index in [1.807, 2.05) is 6.92 Å². The fourth-order valence-electron chi connectivity index (χ4n) is 3.48. The van der Waals surface area contributed by atoms with Crippen LogP contribution in [0.1, 0.15) is 49.7 Å². The number of hydrogen-bond acceptors (Lipinski definition) is 3. The molecule has 0 heterocycles. The van der Waals surface area contributed by atoms with Gasteiger partial charge in [0.2, 0.25) is 0 Å². The van der Waals surface area contributed by atoms with E-state index in [1.54, 1.807) is 0 Å². The Morgan fingerprint density at radius 3 is 2.86 bits per heavy atom. The van der Waals surface area contributed by atoms with Crippen molar-refractivity contribution in [2.45, 2.75) is 51.0 Å². The Kier molecular flexibility index (Phi) is 4.59. The van der Waals surface area contributed by atoms with Gasteiger partial charge in [-0.2, -0.15) is 0 Å². The van der Waals surface area contributed by atoms with Crippen LogP contribution in [-0.4, -0.2) is 36.6 Å². The summed E-state index contributed by atoms with van der Waals surface area (Å²) in [5, 5.41) is 0. The molecule has 1 unspecified atom stereocenters. The van der Waals surface area contributed by atoms with Gasteiger partial charge in [0.15, 0.2) is 0 Å². The first-order chi connectivity index (χ1) is 10.3. The van der Waals surface area contributed by atoms with E-state index in [9.17, 15) is 4.79 Å². The first kappa shape index (κ1) is 14.6. The molecule has 3 rings (SSSR count). The second kappa shape index (κ2) is 6.61. The van der Waals surface area contributed by atoms with E-state index < -0.39 is 0 Å². The zero-order valence-corrected chi connectivity index (χ0v) is 12.9. The second-order valence-electron chi connectivity index (χ2n) is 6.25. The van der Waals surface area contributed by atoms with Gasteiger partial charge in [-0.15, -0.1) is 0 Å². The molecule has 21 heavy (non-hydrogen) atoms. The van der Waals surface area contributed by atoms with Crippen LogP contribution in [0.3, 0.4) is 0 Å². The van der Waals surface area contributed by atoms with Crippen LogP contribution < -0.4 is 0 Å². The average Bonchev–Trinajstić information content (AvgIpc) is 3.32. The molecule has 2 aliphatic carbocycles. The molecule has 0 radical (unpaired) electrons. The molecule has 0 bridgehead atoms. The van der Waals surface area contributed by atoms with E-state index in [2.05, 4.69) is 29.2 Å². The van der Waals surface area contributed by atoms with Crippen LogP contribution in [0.25, 0.3) is 0 Å². The molecule has 0 amide bonds. The van der Waals surface area contributed by atoms with E-state index in [4.69, 9.17) is 4.74 Å². The molecule has 1 aromatic rings. The van der Waals surface area contributed by atoms with Crippen LogP contribution in [0.4, 0.5) is 0 Å². The lowest BCUT2D eigenvalue weighted by Crippen LogP contribution is -2.37. The van der Waals surface area contributed by atoms with Crippen LogP contribution in [-0.2, 0) is 16.0 Å². The SMILES string of the molecule is CCOC(=O)CN(CC1CCCc2ccccc21)C1CC1. The van der Waals surface area contributed by atoms with Gasteiger partial charge in [0.25, 0.3) is 0 Å². The Balaban J connectivity index is 1.67. The lowest BCUT2D eigenvalue weighted by Gasteiger charge is -2.31. The number of benzene rings is 1. The molecule has 1 atom stereocenters. The summed E-state index contributed by atoms with van der Waals surface area (Å²) in [5.74, 6) is 0.499. The van der Waals surface area contributed by atoms with Crippen molar-refractivity contribution in [2.75, 3.05) is 19.7 Å². The summed E-state index contributed by atoms with van der Waals surface area (Å²) >= 11 is 0. The second-order valence-corrected chi connectivity index (χ2v) is 6.25. The van der Waals surface area contributed by atoms with Gasteiger partial charge >= 0.3 is 5.97 Å². The average molecular weight is 287 g/mol. The monoisotopic (exact) mass is 287 g/mol. The summed E-state index contributed by atoms with van der Waals surface area (Å²) in [6.45, 7) is 3.80. The summed E-state index contributed by atoms with van der Waals surface area (Å²) in [6.07, 6.45) is 6.16. The molecular weight excluding hydrogens is 262 g/mol. The van der Waals surface area contributed by atoms with Crippen molar-refractivity contribution >= 4 is 5.97 Å². The maximum absolute atomic E-state index is 11.8. The van der Waals surface area contributed by atoms with Crippen molar-refractivity contribution in [1.29, 1.82) is 0 Å². The van der Waals surface area contributed by atoms with Crippen LogP contribution in [0.5, 0.6) is 0 Å². The lowest BCUT2D eigenvalue weighted by molar-refractivity contribution is -0.144. The van der Waals surface area contributed by atoms with Crippen molar-refractivity contribution in [3.63, 3.8) is 0 Å². The molecule has 1 saturated carbocycles. The number of nitrogens with zero attached hydrogens (tertiary/aromatic N) is 1. The summed E-state index contributed by atoms with van der Waals surface area (Å²) in [6, 6.07) is 9.41. The fourth-order valence-corrected chi connectivity index (χ4v) is 3.48. The normalized spacial score (nSPS) is 21.1. The highest BCUT2D eigenvalue weighted by Gasteiger charge is 2.33. The van der Waals surface area contributed by atoms with Crippen LogP contribution in [0, 0.1) is 0 Å². The van der Waals surface area contributed by atoms with E-state index in [0.29, 0.717) is 25.1 Å². The molecule has 0 saturated heterocycles. The van der Waals surface area contributed by atoms with Crippen LogP contribution in [0.2, 0.25) is 0 Å². The topological polar surface area (TPSA) is 29.5 Å². The minimum atomic E-state index is -0.0755. The van der Waals surface area contributed by atoms with Gasteiger partial charge in [-0.05, 0) is 56.1 Å². The minimum Gasteiger partial charge on any atom is -0.465 e. The molecule has 1 fully saturated rings. The summed E-state index contributed by atoms with van der Waals surface area (Å²) in [7, 11) is 0. The highest BCUT2D eigenvalue weighted by Crippen LogP contribution is 2.35. The number of esters is 1. The van der Waals surface area contributed by atoms with Crippen molar-refractivity contribution in [3.05, 3.63) is 35.4 Å². The van der Waals surface area contributed by atoms with Crippen LogP contribution in [0.15, 0.2) is 24.3 Å². The number of ether oxygens (including phenoxy) is 1. The van der Waals surface area contributed by atoms with Crippen molar-refractivity contribution in [3.8, 4) is 0 Å². The first-order valence-electron chi connectivity index (χ1n) is 8.25. The van der Waals surface area contributed by atoms with E-state index in [1.165, 1.54) is 43.2 Å². The predicted octanol–water partition coefficient (Wildman–Crippen LogP) is 3.13. The Morgan fingerprint density at radius 1 is 1.29 bits per heavy atom. The predicted molar refractivity (Wildman–Crippen MR) is 83.3 cm³/mol. The van der Waals surface area contributed by atoms with Crippen molar-refractivity contribution in [1.82, 2.24) is 4.90 Å². The highest BCUT2D eigenvalue weighted by molar-refractivity contribution is 5.71. The molecule has 3 heteroatoms. The third-order valence-corrected chi connectivity index (χ3v) is 4.65. The summed E-state index contributed by atoms with van der Waals surface area (Å²) < 4.78 is 5.13. The summed E-state index contributed by atoms with van der Waals surface area (Å²) in [4.78, 5) is 14.2. The number of aryl methyl sites for hydroxylation is 1. The largest absolute Gasteiger partial charge is 0.465 e. The number of fused-ring (bicyclic) bond motifs is 1. The van der Waals surface area contributed by atoms with Crippen LogP contribution >= 0.6 is 0 Å². The molecular formula is C18H25NO2. The quantitative estimate of drug-likeness (QED) is 0.753. The smallest absolute Gasteiger partial charge is 0.320 e. The van der Waals surface area contributed by atoms with Gasteiger partial charge in [0.05, 0.1) is 13.2 Å². The third kappa shape index (κ3) is 3.65. The van der Waals surface area contributed by atoms with Crippen molar-refractivity contribution < 1.29 is 9.53 Å². The maximum Gasteiger partial charge on any atom is 0.320 e. The number of carbonyl (C=O) groups excluding carboxylic acids is 1. The molecule has 0 N–H and O–H groups in total. The fraction of sp³-hybridized carbons (Fsp3) is 0.611.